The van der Waals surface area contributed by atoms with Gasteiger partial charge < -0.3 is 14.6 Å². The molecule has 2 aliphatic rings. The molecule has 0 spiro atoms. The monoisotopic (exact) mass is 411 g/mol. The Balaban J connectivity index is 1.89. The maximum absolute atomic E-state index is 12.9. The van der Waals surface area contributed by atoms with E-state index in [4.69, 9.17) is 4.74 Å². The van der Waals surface area contributed by atoms with Gasteiger partial charge in [0.1, 0.15) is 4.90 Å². The van der Waals surface area contributed by atoms with Crippen LogP contribution in [-0.2, 0) is 9.53 Å². The molecule has 2 aromatic rings. The fourth-order valence-corrected chi connectivity index (χ4v) is 4.50. The molecule has 0 bridgehead atoms. The molecule has 0 saturated carbocycles. The average molecular weight is 411 g/mol. The van der Waals surface area contributed by atoms with Crippen LogP contribution in [0.5, 0.6) is 0 Å². The van der Waals surface area contributed by atoms with Crippen molar-refractivity contribution in [1.29, 1.82) is 0 Å². The van der Waals surface area contributed by atoms with Crippen molar-refractivity contribution in [3.63, 3.8) is 0 Å². The third-order valence-corrected chi connectivity index (χ3v) is 5.87. The third kappa shape index (κ3) is 3.21. The van der Waals surface area contributed by atoms with Crippen LogP contribution >= 0.6 is 11.8 Å². The van der Waals surface area contributed by atoms with E-state index in [0.29, 0.717) is 27.2 Å². The lowest BCUT2D eigenvalue weighted by molar-refractivity contribution is -0.138. The molecule has 0 radical (unpaired) electrons. The van der Waals surface area contributed by atoms with Gasteiger partial charge in [-0.3, -0.25) is 9.69 Å². The Kier molecular flexibility index (Phi) is 4.91. The van der Waals surface area contributed by atoms with E-state index in [-0.39, 0.29) is 12.2 Å². The Morgan fingerprint density at radius 3 is 2.69 bits per heavy atom. The van der Waals surface area contributed by atoms with Crippen molar-refractivity contribution in [2.75, 3.05) is 30.5 Å². The standard InChI is InChI=1S/C20H21N5O3S/c1-5-28-19(27)14-11(2)23-20-25(17-16(29-20)18(26)22-10-21-17)15(14)12-6-8-13(9-7-12)24(3)4/h6-10,15H,5H2,1-4H3,(H,21,22,26). The number of aromatic amines is 1. The van der Waals surface area contributed by atoms with E-state index in [1.807, 2.05) is 48.2 Å². The van der Waals surface area contributed by atoms with Crippen LogP contribution in [0.3, 0.4) is 0 Å². The van der Waals surface area contributed by atoms with Crippen LogP contribution < -0.4 is 15.4 Å². The lowest BCUT2D eigenvalue weighted by atomic mass is 9.94. The molecule has 2 aliphatic heterocycles. The summed E-state index contributed by atoms with van der Waals surface area (Å²) in [5.41, 5.74) is 2.73. The number of H-pyrrole nitrogens is 1. The smallest absolute Gasteiger partial charge is 0.338 e. The predicted octanol–water partition coefficient (Wildman–Crippen LogP) is 2.70. The van der Waals surface area contributed by atoms with Gasteiger partial charge in [0.25, 0.3) is 5.56 Å². The highest BCUT2D eigenvalue weighted by Gasteiger charge is 2.43. The summed E-state index contributed by atoms with van der Waals surface area (Å²) in [5, 5.41) is 0.622. The summed E-state index contributed by atoms with van der Waals surface area (Å²) in [5.74, 6) is 0.0752. The van der Waals surface area contributed by atoms with E-state index in [1.54, 1.807) is 13.8 Å². The van der Waals surface area contributed by atoms with E-state index < -0.39 is 12.0 Å². The molecular formula is C20H21N5O3S. The van der Waals surface area contributed by atoms with Crippen LogP contribution in [0.15, 0.2) is 56.5 Å². The van der Waals surface area contributed by atoms with E-state index >= 15 is 0 Å². The number of benzene rings is 1. The highest BCUT2D eigenvalue weighted by Crippen LogP contribution is 2.47. The van der Waals surface area contributed by atoms with Gasteiger partial charge >= 0.3 is 5.97 Å². The Morgan fingerprint density at radius 2 is 2.03 bits per heavy atom. The maximum atomic E-state index is 12.9. The minimum atomic E-state index is -0.485. The minimum Gasteiger partial charge on any atom is -0.463 e. The third-order valence-electron chi connectivity index (χ3n) is 4.82. The number of esters is 1. The normalized spacial score (nSPS) is 17.6. The lowest BCUT2D eigenvalue weighted by Crippen LogP contribution is -2.38. The Morgan fingerprint density at radius 1 is 1.31 bits per heavy atom. The van der Waals surface area contributed by atoms with Crippen LogP contribution in [0.25, 0.3) is 0 Å². The van der Waals surface area contributed by atoms with E-state index in [0.717, 1.165) is 11.3 Å². The van der Waals surface area contributed by atoms with Gasteiger partial charge in [-0.2, -0.15) is 0 Å². The summed E-state index contributed by atoms with van der Waals surface area (Å²) in [6.45, 7) is 3.83. The molecule has 150 valence electrons. The molecule has 1 aromatic carbocycles. The molecular weight excluding hydrogens is 390 g/mol. The van der Waals surface area contributed by atoms with Crippen molar-refractivity contribution >= 4 is 34.4 Å². The molecule has 0 aliphatic carbocycles. The molecule has 8 nitrogen and oxygen atoms in total. The zero-order valence-corrected chi connectivity index (χ0v) is 17.4. The van der Waals surface area contributed by atoms with E-state index in [2.05, 4.69) is 15.0 Å². The van der Waals surface area contributed by atoms with Crippen molar-refractivity contribution in [1.82, 2.24) is 9.97 Å². The highest BCUT2D eigenvalue weighted by molar-refractivity contribution is 8.14. The van der Waals surface area contributed by atoms with Crippen LogP contribution in [-0.4, -0.2) is 41.8 Å². The molecule has 9 heteroatoms. The molecule has 29 heavy (non-hydrogen) atoms. The van der Waals surface area contributed by atoms with Crippen LogP contribution in [0, 0.1) is 0 Å². The van der Waals surface area contributed by atoms with Crippen LogP contribution in [0.2, 0.25) is 0 Å². The quantitative estimate of drug-likeness (QED) is 0.774. The van der Waals surface area contributed by atoms with E-state index in [9.17, 15) is 9.59 Å². The van der Waals surface area contributed by atoms with Crippen molar-refractivity contribution in [2.24, 2.45) is 4.99 Å². The van der Waals surface area contributed by atoms with Crippen LogP contribution in [0.4, 0.5) is 11.5 Å². The summed E-state index contributed by atoms with van der Waals surface area (Å²) in [6.07, 6.45) is 1.37. The highest BCUT2D eigenvalue weighted by atomic mass is 32.2. The number of aromatic nitrogens is 2. The second-order valence-corrected chi connectivity index (χ2v) is 7.84. The second kappa shape index (κ2) is 7.40. The molecule has 1 atom stereocenters. The van der Waals surface area contributed by atoms with Crippen molar-refractivity contribution in [2.45, 2.75) is 24.8 Å². The number of carbonyl (C=O) groups excluding carboxylic acids is 1. The SMILES string of the molecule is CCOC(=O)C1=C(C)N=C2Sc3c(nc[nH]c3=O)N2C1c1ccc(N(C)C)cc1. The van der Waals surface area contributed by atoms with Crippen molar-refractivity contribution in [3.8, 4) is 0 Å². The van der Waals surface area contributed by atoms with Gasteiger partial charge in [0.05, 0.1) is 30.2 Å². The molecule has 4 rings (SSSR count). The predicted molar refractivity (Wildman–Crippen MR) is 113 cm³/mol. The maximum Gasteiger partial charge on any atom is 0.338 e. The lowest BCUT2D eigenvalue weighted by Gasteiger charge is -2.34. The number of hydrogen-bond acceptors (Lipinski definition) is 8. The molecule has 1 N–H and O–H groups in total. The minimum absolute atomic E-state index is 0.228. The molecule has 0 amide bonds. The number of nitrogens with one attached hydrogen (secondary N) is 1. The summed E-state index contributed by atoms with van der Waals surface area (Å²) in [4.78, 5) is 41.1. The first-order valence-corrected chi connectivity index (χ1v) is 10.0. The van der Waals surface area contributed by atoms with Gasteiger partial charge in [0.2, 0.25) is 0 Å². The fraction of sp³-hybridized carbons (Fsp3) is 0.300. The number of amidine groups is 1. The summed E-state index contributed by atoms with van der Waals surface area (Å²) >= 11 is 1.26. The number of rotatable bonds is 4. The average Bonchev–Trinajstić information content (AvgIpc) is 3.06. The summed E-state index contributed by atoms with van der Waals surface area (Å²) in [7, 11) is 3.94. The van der Waals surface area contributed by atoms with Gasteiger partial charge in [0, 0.05) is 19.8 Å². The van der Waals surface area contributed by atoms with Gasteiger partial charge in [-0.1, -0.05) is 12.1 Å². The number of anilines is 2. The number of fused-ring (bicyclic) bond motifs is 3. The zero-order valence-electron chi connectivity index (χ0n) is 16.6. The number of nitrogens with zero attached hydrogens (tertiary/aromatic N) is 4. The largest absolute Gasteiger partial charge is 0.463 e. The summed E-state index contributed by atoms with van der Waals surface area (Å²) < 4.78 is 5.33. The molecule has 1 aromatic heterocycles. The second-order valence-electron chi connectivity index (χ2n) is 6.86. The Labute approximate surface area is 172 Å². The fourth-order valence-electron chi connectivity index (χ4n) is 3.45. The molecule has 1 unspecified atom stereocenters. The summed E-state index contributed by atoms with van der Waals surface area (Å²) in [6, 6.07) is 7.46. The topological polar surface area (TPSA) is 90.9 Å². The van der Waals surface area contributed by atoms with Gasteiger partial charge in [-0.05, 0) is 43.3 Å². The van der Waals surface area contributed by atoms with Gasteiger partial charge in [-0.25, -0.2) is 14.8 Å². The number of thioether (sulfide) groups is 1. The Bertz CT molecular complexity index is 1090. The zero-order chi connectivity index (χ0) is 20.7. The molecule has 0 fully saturated rings. The van der Waals surface area contributed by atoms with Crippen molar-refractivity contribution in [3.05, 3.63) is 57.8 Å². The number of ether oxygens (including phenoxy) is 1. The molecule has 0 saturated heterocycles. The van der Waals surface area contributed by atoms with Gasteiger partial charge in [-0.15, -0.1) is 0 Å². The first kappa shape index (κ1) is 19.3. The number of carbonyl (C=O) groups is 1. The Hall–Kier alpha value is -3.07. The number of hydrogen-bond donors (Lipinski definition) is 1. The van der Waals surface area contributed by atoms with E-state index in [1.165, 1.54) is 18.1 Å². The first-order valence-electron chi connectivity index (χ1n) is 9.21. The first-order chi connectivity index (χ1) is 13.9. The van der Waals surface area contributed by atoms with Gasteiger partial charge in [0.15, 0.2) is 11.0 Å². The number of aliphatic imine (C=N–C) groups is 1. The van der Waals surface area contributed by atoms with Crippen LogP contribution in [0.1, 0.15) is 25.5 Å². The van der Waals surface area contributed by atoms with Crippen molar-refractivity contribution < 1.29 is 9.53 Å². The molecule has 3 heterocycles. The number of allylic oxidation sites excluding steroid dienone is 1.